The zero-order valence-electron chi connectivity index (χ0n) is 20.5. The van der Waals surface area contributed by atoms with Gasteiger partial charge in [0.1, 0.15) is 11.6 Å². The van der Waals surface area contributed by atoms with E-state index in [9.17, 15) is 0 Å². The zero-order valence-corrected chi connectivity index (χ0v) is 20.5. The van der Waals surface area contributed by atoms with E-state index in [1.165, 1.54) is 11.1 Å². The third-order valence-corrected chi connectivity index (χ3v) is 5.82. The second-order valence-corrected chi connectivity index (χ2v) is 10.5. The number of nitrogens with zero attached hydrogens (tertiary/aromatic N) is 3. The molecule has 2 heterocycles. The van der Waals surface area contributed by atoms with Gasteiger partial charge in [-0.2, -0.15) is 0 Å². The molecule has 0 aliphatic heterocycles. The molecule has 0 atom stereocenters. The van der Waals surface area contributed by atoms with Crippen LogP contribution in [0.1, 0.15) is 52.7 Å². The van der Waals surface area contributed by atoms with Crippen LogP contribution in [-0.2, 0) is 10.8 Å². The maximum Gasteiger partial charge on any atom is 0.139 e. The molecule has 0 aliphatic rings. The fraction of sp³-hybridized carbons (Fsp3) is 0.267. The van der Waals surface area contributed by atoms with E-state index in [1.807, 2.05) is 42.6 Å². The summed E-state index contributed by atoms with van der Waals surface area (Å²) in [7, 11) is 0. The van der Waals surface area contributed by atoms with E-state index in [2.05, 4.69) is 95.0 Å². The molecule has 0 saturated carbocycles. The average Bonchev–Trinajstić information content (AvgIpc) is 2.79. The Bertz CT molecular complexity index is 1180. The Hall–Kier alpha value is -3.46. The minimum absolute atomic E-state index is 0.0190. The minimum Gasteiger partial charge on any atom is -0.279 e. The molecular weight excluding hydrogens is 402 g/mol. The summed E-state index contributed by atoms with van der Waals surface area (Å²) in [6.07, 6.45) is 1.83. The van der Waals surface area contributed by atoms with E-state index in [4.69, 9.17) is 9.97 Å². The van der Waals surface area contributed by atoms with Crippen molar-refractivity contribution >= 4 is 17.3 Å². The highest BCUT2D eigenvalue weighted by Crippen LogP contribution is 2.38. The summed E-state index contributed by atoms with van der Waals surface area (Å²) in [6, 6.07) is 29.4. The third kappa shape index (κ3) is 5.14. The largest absolute Gasteiger partial charge is 0.279 e. The predicted octanol–water partition coefficient (Wildman–Crippen LogP) is 8.21. The number of hydrogen-bond acceptors (Lipinski definition) is 3. The van der Waals surface area contributed by atoms with E-state index in [-0.39, 0.29) is 10.8 Å². The molecule has 2 aromatic heterocycles. The topological polar surface area (TPSA) is 29.0 Å². The van der Waals surface area contributed by atoms with Crippen molar-refractivity contribution in [2.75, 3.05) is 4.90 Å². The van der Waals surface area contributed by atoms with Crippen molar-refractivity contribution in [1.29, 1.82) is 0 Å². The van der Waals surface area contributed by atoms with Crippen LogP contribution in [-0.4, -0.2) is 9.97 Å². The summed E-state index contributed by atoms with van der Waals surface area (Å²) in [5, 5.41) is 0. The Morgan fingerprint density at radius 3 is 1.79 bits per heavy atom. The van der Waals surface area contributed by atoms with Crippen LogP contribution >= 0.6 is 0 Å². The Morgan fingerprint density at radius 1 is 0.606 bits per heavy atom. The molecule has 0 aliphatic carbocycles. The Labute approximate surface area is 198 Å². The van der Waals surface area contributed by atoms with Crippen molar-refractivity contribution < 1.29 is 0 Å². The Kier molecular flexibility index (Phi) is 6.07. The normalized spacial score (nSPS) is 11.9. The molecule has 0 N–H and O–H groups in total. The first-order valence-electron chi connectivity index (χ1n) is 11.5. The molecule has 0 fully saturated rings. The number of aromatic nitrogens is 2. The first kappa shape index (κ1) is 22.7. The highest BCUT2D eigenvalue weighted by Gasteiger charge is 2.24. The van der Waals surface area contributed by atoms with E-state index in [0.29, 0.717) is 0 Å². The molecule has 0 amide bonds. The highest BCUT2D eigenvalue weighted by atomic mass is 15.2. The van der Waals surface area contributed by atoms with Gasteiger partial charge in [0.05, 0.1) is 5.69 Å². The molecule has 0 radical (unpaired) electrons. The summed E-state index contributed by atoms with van der Waals surface area (Å²) in [4.78, 5) is 11.9. The number of hydrogen-bond donors (Lipinski definition) is 0. The quantitative estimate of drug-likeness (QED) is 0.323. The van der Waals surface area contributed by atoms with Gasteiger partial charge in [-0.05, 0) is 58.4 Å². The molecule has 33 heavy (non-hydrogen) atoms. The predicted molar refractivity (Wildman–Crippen MR) is 140 cm³/mol. The average molecular weight is 436 g/mol. The van der Waals surface area contributed by atoms with Crippen molar-refractivity contribution in [1.82, 2.24) is 9.97 Å². The number of anilines is 3. The zero-order chi connectivity index (χ0) is 23.6. The van der Waals surface area contributed by atoms with Gasteiger partial charge in [-0.25, -0.2) is 9.97 Å². The highest BCUT2D eigenvalue weighted by molar-refractivity contribution is 5.75. The maximum atomic E-state index is 5.07. The SMILES string of the molecule is CC(C)(C)c1cc(N(c2ccccn2)c2cccc(-c3ccccc3)n2)cc(C(C)(C)C)c1. The third-order valence-electron chi connectivity index (χ3n) is 5.82. The Balaban J connectivity index is 1.94. The molecule has 3 nitrogen and oxygen atoms in total. The monoisotopic (exact) mass is 435 g/mol. The second kappa shape index (κ2) is 8.82. The van der Waals surface area contributed by atoms with E-state index < -0.39 is 0 Å². The first-order valence-corrected chi connectivity index (χ1v) is 11.5. The minimum atomic E-state index is 0.0190. The molecule has 0 spiro atoms. The van der Waals surface area contributed by atoms with Crippen LogP contribution in [0, 0.1) is 0 Å². The van der Waals surface area contributed by atoms with Gasteiger partial charge in [0.2, 0.25) is 0 Å². The van der Waals surface area contributed by atoms with Gasteiger partial charge in [0.25, 0.3) is 0 Å². The van der Waals surface area contributed by atoms with Crippen LogP contribution in [0.2, 0.25) is 0 Å². The molecule has 2 aromatic carbocycles. The number of pyridine rings is 2. The fourth-order valence-corrected chi connectivity index (χ4v) is 3.79. The summed E-state index contributed by atoms with van der Waals surface area (Å²) < 4.78 is 0. The van der Waals surface area contributed by atoms with Gasteiger partial charge >= 0.3 is 0 Å². The van der Waals surface area contributed by atoms with Crippen LogP contribution < -0.4 is 4.90 Å². The lowest BCUT2D eigenvalue weighted by Gasteiger charge is -2.30. The summed E-state index contributed by atoms with van der Waals surface area (Å²) in [6.45, 7) is 13.6. The van der Waals surface area contributed by atoms with Crippen LogP contribution in [0.15, 0.2) is 91.1 Å². The van der Waals surface area contributed by atoms with Gasteiger partial charge in [0, 0.05) is 17.4 Å². The van der Waals surface area contributed by atoms with Crippen LogP contribution in [0.25, 0.3) is 11.3 Å². The molecule has 0 unspecified atom stereocenters. The lowest BCUT2D eigenvalue weighted by molar-refractivity contribution is 0.568. The summed E-state index contributed by atoms with van der Waals surface area (Å²) in [5.41, 5.74) is 5.74. The van der Waals surface area contributed by atoms with Gasteiger partial charge < -0.3 is 0 Å². The summed E-state index contributed by atoms with van der Waals surface area (Å²) >= 11 is 0. The molecular formula is C30H33N3. The molecule has 0 bridgehead atoms. The lowest BCUT2D eigenvalue weighted by Crippen LogP contribution is -2.20. The van der Waals surface area contributed by atoms with Crippen molar-refractivity contribution in [2.24, 2.45) is 0 Å². The molecule has 4 rings (SSSR count). The van der Waals surface area contributed by atoms with E-state index >= 15 is 0 Å². The standard InChI is InChI=1S/C30H33N3/c1-29(2,3)23-19-24(30(4,5)6)21-25(20-23)33(27-16-10-11-18-31-27)28-17-12-15-26(32-28)22-13-8-7-9-14-22/h7-21H,1-6H3. The molecule has 0 saturated heterocycles. The van der Waals surface area contributed by atoms with Crippen LogP contribution in [0.3, 0.4) is 0 Å². The Morgan fingerprint density at radius 2 is 1.21 bits per heavy atom. The van der Waals surface area contributed by atoms with Crippen molar-refractivity contribution in [3.8, 4) is 11.3 Å². The molecule has 4 aromatic rings. The van der Waals surface area contributed by atoms with E-state index in [0.717, 1.165) is 28.6 Å². The molecule has 3 heteroatoms. The van der Waals surface area contributed by atoms with E-state index in [1.54, 1.807) is 0 Å². The van der Waals surface area contributed by atoms with Crippen LogP contribution in [0.4, 0.5) is 17.3 Å². The number of rotatable bonds is 4. The van der Waals surface area contributed by atoms with Crippen molar-refractivity contribution in [3.63, 3.8) is 0 Å². The summed E-state index contributed by atoms with van der Waals surface area (Å²) in [5.74, 6) is 1.70. The van der Waals surface area contributed by atoms with Crippen molar-refractivity contribution in [2.45, 2.75) is 52.4 Å². The number of benzene rings is 2. The fourth-order valence-electron chi connectivity index (χ4n) is 3.79. The smallest absolute Gasteiger partial charge is 0.139 e. The second-order valence-electron chi connectivity index (χ2n) is 10.5. The van der Waals surface area contributed by atoms with Gasteiger partial charge in [-0.15, -0.1) is 0 Å². The van der Waals surface area contributed by atoms with Crippen LogP contribution in [0.5, 0.6) is 0 Å². The lowest BCUT2D eigenvalue weighted by atomic mass is 9.80. The van der Waals surface area contributed by atoms with Gasteiger partial charge in [-0.1, -0.05) is 90.1 Å². The molecule has 168 valence electrons. The maximum absolute atomic E-state index is 5.07. The van der Waals surface area contributed by atoms with Gasteiger partial charge in [0.15, 0.2) is 0 Å². The van der Waals surface area contributed by atoms with Gasteiger partial charge in [-0.3, -0.25) is 4.90 Å². The van der Waals surface area contributed by atoms with Crippen molar-refractivity contribution in [3.05, 3.63) is 102 Å². The first-order chi connectivity index (χ1) is 15.6.